The van der Waals surface area contributed by atoms with Crippen LogP contribution in [0.5, 0.6) is 0 Å². The Morgan fingerprint density at radius 1 is 1.06 bits per heavy atom. The first-order valence-electron chi connectivity index (χ1n) is 11.3. The molecule has 0 unspecified atom stereocenters. The van der Waals surface area contributed by atoms with Crippen LogP contribution in [0.4, 0.5) is 0 Å². The number of nitrogens with zero attached hydrogens (tertiary/aromatic N) is 4. The number of fused-ring (bicyclic) bond motifs is 3. The molecule has 9 nitrogen and oxygen atoms in total. The Morgan fingerprint density at radius 2 is 1.75 bits per heavy atom. The second kappa shape index (κ2) is 8.44. The number of carbonyl (C=O) groups excluding carboxylic acids is 2. The van der Waals surface area contributed by atoms with E-state index in [1.54, 1.807) is 4.57 Å². The quantitative estimate of drug-likeness (QED) is 0.634. The molecule has 32 heavy (non-hydrogen) atoms. The lowest BCUT2D eigenvalue weighted by molar-refractivity contribution is -0.124. The highest BCUT2D eigenvalue weighted by atomic mass is 16.2. The van der Waals surface area contributed by atoms with Crippen molar-refractivity contribution < 1.29 is 9.59 Å². The number of imidazole rings is 1. The average Bonchev–Trinajstić information content (AvgIpc) is 3.18. The molecule has 2 atom stereocenters. The molecule has 0 bridgehead atoms. The Hall–Kier alpha value is -3.10. The average molecular weight is 441 g/mol. The molecular formula is C23H32N6O3. The van der Waals surface area contributed by atoms with Gasteiger partial charge in [-0.3, -0.25) is 14.2 Å². The van der Waals surface area contributed by atoms with Crippen molar-refractivity contribution in [1.82, 2.24) is 29.4 Å². The van der Waals surface area contributed by atoms with Crippen molar-refractivity contribution in [2.75, 3.05) is 0 Å². The maximum Gasteiger partial charge on any atom is 0.352 e. The third-order valence-corrected chi connectivity index (χ3v) is 6.04. The normalized spacial score (nSPS) is 19.4. The van der Waals surface area contributed by atoms with Gasteiger partial charge in [0.1, 0.15) is 13.1 Å². The number of rotatable bonds is 5. The van der Waals surface area contributed by atoms with Crippen LogP contribution in [-0.4, -0.2) is 42.1 Å². The van der Waals surface area contributed by atoms with E-state index in [0.717, 1.165) is 29.5 Å². The van der Waals surface area contributed by atoms with E-state index in [2.05, 4.69) is 22.7 Å². The SMILES string of the molecule is C[C@@H]1CCCC[C@@H]1NC(=O)Cn1c2ccccc2n2c(=O)n(CC(=O)NC(C)(C)C)nc12. The first-order chi connectivity index (χ1) is 15.1. The molecule has 1 saturated carbocycles. The molecular weight excluding hydrogens is 408 g/mol. The predicted octanol–water partition coefficient (Wildman–Crippen LogP) is 2.06. The lowest BCUT2D eigenvalue weighted by Gasteiger charge is -2.29. The Morgan fingerprint density at radius 3 is 2.44 bits per heavy atom. The van der Waals surface area contributed by atoms with Gasteiger partial charge in [0.05, 0.1) is 11.0 Å². The summed E-state index contributed by atoms with van der Waals surface area (Å²) in [6.07, 6.45) is 4.45. The molecule has 4 rings (SSSR count). The Balaban J connectivity index is 1.66. The minimum absolute atomic E-state index is 0.0604. The van der Waals surface area contributed by atoms with Crippen LogP contribution in [0, 0.1) is 5.92 Å². The van der Waals surface area contributed by atoms with Crippen molar-refractivity contribution in [3.05, 3.63) is 34.7 Å². The van der Waals surface area contributed by atoms with Crippen LogP contribution in [-0.2, 0) is 22.7 Å². The molecule has 1 aliphatic carbocycles. The summed E-state index contributed by atoms with van der Waals surface area (Å²) < 4.78 is 4.37. The molecule has 0 aliphatic heterocycles. The summed E-state index contributed by atoms with van der Waals surface area (Å²) in [4.78, 5) is 38.4. The first-order valence-corrected chi connectivity index (χ1v) is 11.3. The van der Waals surface area contributed by atoms with E-state index in [0.29, 0.717) is 17.2 Å². The number of hydrogen-bond donors (Lipinski definition) is 2. The summed E-state index contributed by atoms with van der Waals surface area (Å²) in [5.41, 5.74) is 0.607. The van der Waals surface area contributed by atoms with Crippen LogP contribution in [0.2, 0.25) is 0 Å². The van der Waals surface area contributed by atoms with Crippen molar-refractivity contribution in [2.45, 2.75) is 78.0 Å². The molecule has 3 aromatic rings. The molecule has 2 aromatic heterocycles. The van der Waals surface area contributed by atoms with Crippen molar-refractivity contribution in [3.8, 4) is 0 Å². The van der Waals surface area contributed by atoms with Crippen molar-refractivity contribution >= 4 is 28.6 Å². The number of benzene rings is 1. The summed E-state index contributed by atoms with van der Waals surface area (Å²) in [7, 11) is 0. The third-order valence-electron chi connectivity index (χ3n) is 6.04. The van der Waals surface area contributed by atoms with Gasteiger partial charge in [-0.05, 0) is 51.7 Å². The Bertz CT molecular complexity index is 1210. The van der Waals surface area contributed by atoms with Gasteiger partial charge >= 0.3 is 5.69 Å². The van der Waals surface area contributed by atoms with Gasteiger partial charge in [-0.2, -0.15) is 0 Å². The molecule has 2 heterocycles. The molecule has 1 aromatic carbocycles. The number of nitrogens with one attached hydrogen (secondary N) is 2. The van der Waals surface area contributed by atoms with Gasteiger partial charge in [0.15, 0.2) is 0 Å². The molecule has 1 aliphatic rings. The first kappa shape index (κ1) is 22.1. The zero-order chi connectivity index (χ0) is 23.0. The highest BCUT2D eigenvalue weighted by Gasteiger charge is 2.25. The number of aromatic nitrogens is 4. The van der Waals surface area contributed by atoms with Crippen LogP contribution in [0.25, 0.3) is 16.8 Å². The van der Waals surface area contributed by atoms with Gasteiger partial charge in [0.25, 0.3) is 0 Å². The van der Waals surface area contributed by atoms with Crippen LogP contribution in [0.1, 0.15) is 53.4 Å². The Kier molecular flexibility index (Phi) is 5.83. The predicted molar refractivity (Wildman–Crippen MR) is 122 cm³/mol. The standard InChI is InChI=1S/C23H32N6O3/c1-15-9-5-6-10-16(15)24-19(30)13-27-17-11-7-8-12-18(17)29-21(27)26-28(22(29)32)14-20(31)25-23(2,3)4/h7-8,11-12,15-16H,5-6,9-10,13-14H2,1-4H3,(H,24,30)(H,25,31)/t15-,16+/m1/s1. The fourth-order valence-corrected chi connectivity index (χ4v) is 4.55. The maximum absolute atomic E-state index is 13.1. The minimum Gasteiger partial charge on any atom is -0.352 e. The molecule has 1 fully saturated rings. The lowest BCUT2D eigenvalue weighted by Crippen LogP contribution is -2.43. The van der Waals surface area contributed by atoms with E-state index in [1.165, 1.54) is 10.8 Å². The maximum atomic E-state index is 13.1. The van der Waals surface area contributed by atoms with E-state index >= 15 is 0 Å². The topological polar surface area (TPSA) is 102 Å². The fraction of sp³-hybridized carbons (Fsp3) is 0.565. The monoisotopic (exact) mass is 440 g/mol. The van der Waals surface area contributed by atoms with E-state index in [1.807, 2.05) is 45.0 Å². The lowest BCUT2D eigenvalue weighted by atomic mass is 9.86. The van der Waals surface area contributed by atoms with Gasteiger partial charge in [-0.1, -0.05) is 31.9 Å². The number of para-hydroxylation sites is 2. The van der Waals surface area contributed by atoms with Gasteiger partial charge < -0.3 is 10.6 Å². The second-order valence-corrected chi connectivity index (χ2v) is 9.88. The van der Waals surface area contributed by atoms with Crippen LogP contribution < -0.4 is 16.3 Å². The van der Waals surface area contributed by atoms with Gasteiger partial charge in [0, 0.05) is 11.6 Å². The second-order valence-electron chi connectivity index (χ2n) is 9.88. The Labute approximate surface area is 186 Å². The van der Waals surface area contributed by atoms with Crippen LogP contribution in [0.3, 0.4) is 0 Å². The zero-order valence-electron chi connectivity index (χ0n) is 19.2. The van der Waals surface area contributed by atoms with Gasteiger partial charge in [0.2, 0.25) is 17.6 Å². The smallest absolute Gasteiger partial charge is 0.352 e. The molecule has 172 valence electrons. The summed E-state index contributed by atoms with van der Waals surface area (Å²) in [6.45, 7) is 7.69. The van der Waals surface area contributed by atoms with E-state index in [4.69, 9.17) is 0 Å². The van der Waals surface area contributed by atoms with Crippen LogP contribution in [0.15, 0.2) is 29.1 Å². The summed E-state index contributed by atoms with van der Waals surface area (Å²) in [5.74, 6) is 0.420. The van der Waals surface area contributed by atoms with Crippen LogP contribution >= 0.6 is 0 Å². The number of amides is 2. The fourth-order valence-electron chi connectivity index (χ4n) is 4.55. The summed E-state index contributed by atoms with van der Waals surface area (Å²) in [5, 5.41) is 10.4. The molecule has 2 N–H and O–H groups in total. The summed E-state index contributed by atoms with van der Waals surface area (Å²) >= 11 is 0. The zero-order valence-corrected chi connectivity index (χ0v) is 19.2. The van der Waals surface area contributed by atoms with E-state index in [-0.39, 0.29) is 30.9 Å². The van der Waals surface area contributed by atoms with Crippen molar-refractivity contribution in [1.29, 1.82) is 0 Å². The largest absolute Gasteiger partial charge is 0.352 e. The minimum atomic E-state index is -0.407. The molecule has 0 spiro atoms. The molecule has 0 saturated heterocycles. The van der Waals surface area contributed by atoms with Crippen molar-refractivity contribution in [3.63, 3.8) is 0 Å². The number of carbonyl (C=O) groups is 2. The highest BCUT2D eigenvalue weighted by molar-refractivity contribution is 5.84. The van der Waals surface area contributed by atoms with Crippen molar-refractivity contribution in [2.24, 2.45) is 5.92 Å². The number of hydrogen-bond acceptors (Lipinski definition) is 4. The molecule has 9 heteroatoms. The van der Waals surface area contributed by atoms with Gasteiger partial charge in [-0.15, -0.1) is 5.10 Å². The molecule has 2 amide bonds. The van der Waals surface area contributed by atoms with E-state index in [9.17, 15) is 14.4 Å². The van der Waals surface area contributed by atoms with Gasteiger partial charge in [-0.25, -0.2) is 13.9 Å². The highest BCUT2D eigenvalue weighted by Crippen LogP contribution is 2.24. The van der Waals surface area contributed by atoms with E-state index < -0.39 is 11.2 Å². The third kappa shape index (κ3) is 4.42. The summed E-state index contributed by atoms with van der Waals surface area (Å²) in [6, 6.07) is 7.58. The molecule has 0 radical (unpaired) electrons.